The summed E-state index contributed by atoms with van der Waals surface area (Å²) in [7, 11) is 0. The summed E-state index contributed by atoms with van der Waals surface area (Å²) >= 11 is 0. The SMILES string of the molecule is NC(=O)N(F)[C@@H](CCC(=O)O)C(=O)O. The van der Waals surface area contributed by atoms with Crippen molar-refractivity contribution < 1.29 is 29.1 Å². The molecule has 14 heavy (non-hydrogen) atoms. The van der Waals surface area contributed by atoms with Crippen LogP contribution in [0.2, 0.25) is 0 Å². The molecule has 0 saturated carbocycles. The average molecular weight is 208 g/mol. The summed E-state index contributed by atoms with van der Waals surface area (Å²) < 4.78 is 12.7. The maximum Gasteiger partial charge on any atom is 0.343 e. The first-order valence-electron chi connectivity index (χ1n) is 3.55. The number of nitrogens with zero attached hydrogens (tertiary/aromatic N) is 1. The number of carboxylic acid groups (broad SMARTS) is 2. The van der Waals surface area contributed by atoms with E-state index in [1.54, 1.807) is 0 Å². The number of amides is 2. The van der Waals surface area contributed by atoms with Crippen LogP contribution in [0.5, 0.6) is 0 Å². The zero-order valence-corrected chi connectivity index (χ0v) is 7.01. The maximum atomic E-state index is 12.7. The highest BCUT2D eigenvalue weighted by atomic mass is 19.2. The molecule has 0 aliphatic heterocycles. The van der Waals surface area contributed by atoms with Crippen molar-refractivity contribution in [3.8, 4) is 0 Å². The smallest absolute Gasteiger partial charge is 0.343 e. The predicted molar refractivity (Wildman–Crippen MR) is 40.8 cm³/mol. The number of primary amides is 1. The van der Waals surface area contributed by atoms with Crippen LogP contribution in [0.1, 0.15) is 12.8 Å². The fraction of sp³-hybridized carbons (Fsp3) is 0.500. The number of rotatable bonds is 5. The molecule has 0 bridgehead atoms. The second kappa shape index (κ2) is 5.00. The summed E-state index contributed by atoms with van der Waals surface area (Å²) in [4.78, 5) is 30.7. The van der Waals surface area contributed by atoms with Crippen LogP contribution in [-0.4, -0.2) is 39.3 Å². The average Bonchev–Trinajstić information content (AvgIpc) is 2.02. The number of halogens is 1. The lowest BCUT2D eigenvalue weighted by atomic mass is 10.1. The van der Waals surface area contributed by atoms with Gasteiger partial charge in [-0.15, -0.1) is 5.12 Å². The minimum absolute atomic E-state index is 0.538. The molecule has 0 spiro atoms. The third kappa shape index (κ3) is 3.70. The van der Waals surface area contributed by atoms with Crippen molar-refractivity contribution in [3.63, 3.8) is 0 Å². The predicted octanol–water partition coefficient (Wildman–Crippen LogP) is -0.430. The van der Waals surface area contributed by atoms with Gasteiger partial charge in [0.25, 0.3) is 0 Å². The molecule has 0 rings (SSSR count). The largest absolute Gasteiger partial charge is 0.481 e. The van der Waals surface area contributed by atoms with Gasteiger partial charge in [-0.25, -0.2) is 9.59 Å². The van der Waals surface area contributed by atoms with Crippen molar-refractivity contribution in [2.24, 2.45) is 5.73 Å². The van der Waals surface area contributed by atoms with Crippen LogP contribution < -0.4 is 5.73 Å². The molecule has 0 unspecified atom stereocenters. The van der Waals surface area contributed by atoms with Crippen LogP contribution in [0.3, 0.4) is 0 Å². The summed E-state index contributed by atoms with van der Waals surface area (Å²) in [6, 6.07) is -3.42. The van der Waals surface area contributed by atoms with E-state index in [0.29, 0.717) is 0 Å². The summed E-state index contributed by atoms with van der Waals surface area (Å²) in [6.07, 6.45) is -1.10. The summed E-state index contributed by atoms with van der Waals surface area (Å²) in [5.74, 6) is -2.93. The van der Waals surface area contributed by atoms with Gasteiger partial charge in [-0.05, 0) is 6.42 Å². The highest BCUT2D eigenvalue weighted by Gasteiger charge is 2.29. The Morgan fingerprint density at radius 2 is 1.86 bits per heavy atom. The van der Waals surface area contributed by atoms with E-state index in [0.717, 1.165) is 0 Å². The second-order valence-corrected chi connectivity index (χ2v) is 2.44. The van der Waals surface area contributed by atoms with E-state index in [-0.39, 0.29) is 0 Å². The Hall–Kier alpha value is -1.86. The quantitative estimate of drug-likeness (QED) is 0.529. The number of carboxylic acids is 2. The van der Waals surface area contributed by atoms with Crippen molar-refractivity contribution in [2.45, 2.75) is 18.9 Å². The zero-order valence-electron chi connectivity index (χ0n) is 7.01. The standard InChI is InChI=1S/C6H9FN2O5/c7-9(6(8)14)3(5(12)13)1-2-4(10)11/h3H,1-2H2,(H2,8,14)(H,10,11)(H,12,13)/t3-/m0/s1. The normalized spacial score (nSPS) is 11.8. The monoisotopic (exact) mass is 208 g/mol. The highest BCUT2D eigenvalue weighted by molar-refractivity contribution is 5.81. The number of urea groups is 1. The summed E-state index contributed by atoms with van der Waals surface area (Å²) in [5, 5.41) is 15.9. The van der Waals surface area contributed by atoms with Gasteiger partial charge in [0, 0.05) is 6.42 Å². The molecule has 0 aromatic rings. The number of carbonyl (C=O) groups excluding carboxylic acids is 1. The zero-order chi connectivity index (χ0) is 11.3. The van der Waals surface area contributed by atoms with E-state index in [1.165, 1.54) is 0 Å². The topological polar surface area (TPSA) is 121 Å². The molecular weight excluding hydrogens is 199 g/mol. The fourth-order valence-corrected chi connectivity index (χ4v) is 0.748. The molecule has 8 heteroatoms. The first kappa shape index (κ1) is 12.1. The Morgan fingerprint density at radius 3 is 2.14 bits per heavy atom. The van der Waals surface area contributed by atoms with Crippen molar-refractivity contribution >= 4 is 18.0 Å². The number of nitrogens with two attached hydrogens (primary N) is 1. The molecule has 0 heterocycles. The van der Waals surface area contributed by atoms with Crippen molar-refractivity contribution in [3.05, 3.63) is 0 Å². The minimum atomic E-state index is -1.86. The lowest BCUT2D eigenvalue weighted by molar-refractivity contribution is -0.148. The van der Waals surface area contributed by atoms with E-state index in [4.69, 9.17) is 10.2 Å². The molecule has 0 aliphatic carbocycles. The van der Waals surface area contributed by atoms with Crippen molar-refractivity contribution in [1.29, 1.82) is 0 Å². The lowest BCUT2D eigenvalue weighted by Gasteiger charge is -2.16. The molecule has 0 aliphatic rings. The Morgan fingerprint density at radius 1 is 1.36 bits per heavy atom. The van der Waals surface area contributed by atoms with Gasteiger partial charge in [-0.3, -0.25) is 4.79 Å². The summed E-state index contributed by atoms with van der Waals surface area (Å²) in [5.41, 5.74) is 4.48. The summed E-state index contributed by atoms with van der Waals surface area (Å²) in [6.45, 7) is 0. The second-order valence-electron chi connectivity index (χ2n) is 2.44. The molecular formula is C6H9FN2O5. The molecule has 0 radical (unpaired) electrons. The third-order valence-electron chi connectivity index (χ3n) is 1.40. The van der Waals surface area contributed by atoms with Crippen LogP contribution in [-0.2, 0) is 9.59 Å². The first-order valence-corrected chi connectivity index (χ1v) is 3.55. The molecule has 2 amide bonds. The number of carbonyl (C=O) groups is 3. The van der Waals surface area contributed by atoms with Crippen LogP contribution in [0, 0.1) is 0 Å². The van der Waals surface area contributed by atoms with Gasteiger partial charge in [-0.1, -0.05) is 4.48 Å². The van der Waals surface area contributed by atoms with E-state index in [1.807, 2.05) is 0 Å². The van der Waals surface area contributed by atoms with Crippen LogP contribution in [0.15, 0.2) is 0 Å². The van der Waals surface area contributed by atoms with Gasteiger partial charge in [-0.2, -0.15) is 0 Å². The van der Waals surface area contributed by atoms with Gasteiger partial charge in [0.05, 0.1) is 0 Å². The first-order chi connectivity index (χ1) is 6.36. The molecule has 80 valence electrons. The van der Waals surface area contributed by atoms with Gasteiger partial charge in [0.15, 0.2) is 6.04 Å². The molecule has 4 N–H and O–H groups in total. The maximum absolute atomic E-state index is 12.7. The lowest BCUT2D eigenvalue weighted by Crippen LogP contribution is -2.42. The Labute approximate surface area is 77.8 Å². The van der Waals surface area contributed by atoms with Gasteiger partial charge >= 0.3 is 18.0 Å². The Balaban J connectivity index is 4.37. The third-order valence-corrected chi connectivity index (χ3v) is 1.40. The van der Waals surface area contributed by atoms with Crippen molar-refractivity contribution in [2.75, 3.05) is 0 Å². The molecule has 0 fully saturated rings. The van der Waals surface area contributed by atoms with E-state index in [2.05, 4.69) is 5.73 Å². The minimum Gasteiger partial charge on any atom is -0.481 e. The molecule has 1 atom stereocenters. The van der Waals surface area contributed by atoms with Crippen LogP contribution in [0.4, 0.5) is 9.28 Å². The van der Waals surface area contributed by atoms with Crippen molar-refractivity contribution in [1.82, 2.24) is 5.12 Å². The van der Waals surface area contributed by atoms with Crippen LogP contribution in [0.25, 0.3) is 0 Å². The molecule has 0 saturated heterocycles. The molecule has 0 aromatic heterocycles. The molecule has 0 aromatic carbocycles. The highest BCUT2D eigenvalue weighted by Crippen LogP contribution is 2.08. The van der Waals surface area contributed by atoms with Crippen LogP contribution >= 0.6 is 0 Å². The van der Waals surface area contributed by atoms with Gasteiger partial charge < -0.3 is 15.9 Å². The van der Waals surface area contributed by atoms with E-state index in [9.17, 15) is 18.9 Å². The van der Waals surface area contributed by atoms with E-state index >= 15 is 0 Å². The van der Waals surface area contributed by atoms with E-state index < -0.39 is 42.0 Å². The Bertz CT molecular complexity index is 257. The fourth-order valence-electron chi connectivity index (χ4n) is 0.748. The number of hydrogen-bond acceptors (Lipinski definition) is 3. The van der Waals surface area contributed by atoms with Gasteiger partial charge in [0.1, 0.15) is 0 Å². The number of hydrogen-bond donors (Lipinski definition) is 3. The van der Waals surface area contributed by atoms with Gasteiger partial charge in [0.2, 0.25) is 0 Å². The molecule has 7 nitrogen and oxygen atoms in total. The Kier molecular flexibility index (Phi) is 4.33. The number of aliphatic carboxylic acids is 2.